The number of primary amides is 1. The normalized spacial score (nSPS) is 11.4. The average molecular weight is 614 g/mol. The third-order valence-corrected chi connectivity index (χ3v) is 8.32. The molecule has 0 aliphatic rings. The number of amides is 2. The number of hydrogen-bond acceptors (Lipinski definition) is 5. The van der Waals surface area contributed by atoms with E-state index < -0.39 is 50.7 Å². The highest BCUT2D eigenvalue weighted by molar-refractivity contribution is 7.89. The highest BCUT2D eigenvalue weighted by Gasteiger charge is 2.29. The predicted molar refractivity (Wildman–Crippen MR) is 155 cm³/mol. The summed E-state index contributed by atoms with van der Waals surface area (Å²) < 4.78 is 62.3. The molecule has 0 aliphatic heterocycles. The zero-order valence-electron chi connectivity index (χ0n) is 22.3. The van der Waals surface area contributed by atoms with Crippen LogP contribution in [0.15, 0.2) is 95.9 Å². The van der Waals surface area contributed by atoms with Crippen molar-refractivity contribution in [3.8, 4) is 22.6 Å². The number of carbonyl (C=O) groups excluding carboxylic acids is 2. The summed E-state index contributed by atoms with van der Waals surface area (Å²) in [5.41, 5.74) is 7.52. The van der Waals surface area contributed by atoms with Crippen LogP contribution < -0.4 is 10.5 Å². The van der Waals surface area contributed by atoms with Crippen LogP contribution in [0.2, 0.25) is 5.02 Å². The molecule has 0 heterocycles. The third-order valence-electron chi connectivity index (χ3n) is 6.25. The van der Waals surface area contributed by atoms with Crippen LogP contribution in [-0.4, -0.2) is 56.1 Å². The Kier molecular flexibility index (Phi) is 9.56. The molecule has 0 aromatic heterocycles. The lowest BCUT2D eigenvalue weighted by molar-refractivity contribution is -0.118. The van der Waals surface area contributed by atoms with Crippen LogP contribution in [0.3, 0.4) is 0 Å². The van der Waals surface area contributed by atoms with E-state index >= 15 is 0 Å². The summed E-state index contributed by atoms with van der Waals surface area (Å²) in [6.07, 6.45) is 0. The van der Waals surface area contributed by atoms with Crippen molar-refractivity contribution in [2.45, 2.75) is 4.90 Å². The second kappa shape index (κ2) is 13.1. The molecule has 0 fully saturated rings. The number of nitrogens with two attached hydrogens (primary N) is 1. The van der Waals surface area contributed by atoms with Gasteiger partial charge in [-0.15, -0.1) is 0 Å². The quantitative estimate of drug-likeness (QED) is 0.246. The van der Waals surface area contributed by atoms with E-state index in [2.05, 4.69) is 0 Å². The zero-order valence-corrected chi connectivity index (χ0v) is 23.9. The fourth-order valence-corrected chi connectivity index (χ4v) is 5.58. The number of carbonyl (C=O) groups is 2. The maximum Gasteiger partial charge on any atom is 0.253 e. The van der Waals surface area contributed by atoms with E-state index in [1.165, 1.54) is 36.2 Å². The fourth-order valence-electron chi connectivity index (χ4n) is 4.03. The molecule has 0 unspecified atom stereocenters. The standard InChI is InChI=1S/C30H26ClF2N3O5S/c1-35(30(38)22-9-7-21(8-10-22)20-5-3-2-4-6-20)15-16-36(19-28(34)37)42(39,40)25-17-26(32)29(27(33)18-25)41-24-13-11-23(31)12-14-24/h2-14,17-18H,15-16,19H2,1H3,(H2,34,37). The number of halogens is 3. The fraction of sp³-hybridized carbons (Fsp3) is 0.133. The van der Waals surface area contributed by atoms with E-state index in [4.69, 9.17) is 22.1 Å². The first-order valence-corrected chi connectivity index (χ1v) is 14.4. The van der Waals surface area contributed by atoms with Gasteiger partial charge in [-0.25, -0.2) is 17.2 Å². The molecule has 4 aromatic rings. The Morgan fingerprint density at radius 1 is 0.857 bits per heavy atom. The van der Waals surface area contributed by atoms with Crippen LogP contribution in [0, 0.1) is 11.6 Å². The minimum atomic E-state index is -4.62. The summed E-state index contributed by atoms with van der Waals surface area (Å²) in [4.78, 5) is 25.2. The van der Waals surface area contributed by atoms with Gasteiger partial charge in [0.25, 0.3) is 5.91 Å². The predicted octanol–water partition coefficient (Wildman–Crippen LogP) is 5.33. The molecule has 2 amide bonds. The molecule has 0 saturated carbocycles. The summed E-state index contributed by atoms with van der Waals surface area (Å²) in [6.45, 7) is -1.29. The molecule has 218 valence electrons. The smallest absolute Gasteiger partial charge is 0.253 e. The molecule has 0 radical (unpaired) electrons. The molecule has 42 heavy (non-hydrogen) atoms. The van der Waals surface area contributed by atoms with Gasteiger partial charge in [0.2, 0.25) is 15.9 Å². The molecule has 0 aliphatic carbocycles. The first-order valence-electron chi connectivity index (χ1n) is 12.6. The second-order valence-corrected chi connectivity index (χ2v) is 11.6. The number of nitrogens with zero attached hydrogens (tertiary/aromatic N) is 2. The molecular formula is C30H26ClF2N3O5S. The number of benzene rings is 4. The lowest BCUT2D eigenvalue weighted by Gasteiger charge is -2.24. The molecule has 8 nitrogen and oxygen atoms in total. The van der Waals surface area contributed by atoms with Gasteiger partial charge in [0.15, 0.2) is 17.4 Å². The molecule has 4 rings (SSSR count). The van der Waals surface area contributed by atoms with E-state index in [0.29, 0.717) is 27.0 Å². The molecular weight excluding hydrogens is 588 g/mol. The first-order chi connectivity index (χ1) is 20.0. The van der Waals surface area contributed by atoms with Gasteiger partial charge in [0.05, 0.1) is 11.4 Å². The summed E-state index contributed by atoms with van der Waals surface area (Å²) in [7, 11) is -3.15. The Labute approximate surface area is 246 Å². The van der Waals surface area contributed by atoms with E-state index in [1.54, 1.807) is 24.3 Å². The maximum atomic E-state index is 14.9. The minimum Gasteiger partial charge on any atom is -0.451 e. The van der Waals surface area contributed by atoms with Crippen LogP contribution in [0.25, 0.3) is 11.1 Å². The summed E-state index contributed by atoms with van der Waals surface area (Å²) >= 11 is 5.80. The number of likely N-dealkylation sites (N-methyl/N-ethyl adjacent to an activating group) is 1. The third kappa shape index (κ3) is 7.30. The molecule has 2 N–H and O–H groups in total. The van der Waals surface area contributed by atoms with E-state index in [1.807, 2.05) is 30.3 Å². The van der Waals surface area contributed by atoms with Crippen LogP contribution >= 0.6 is 11.6 Å². The summed E-state index contributed by atoms with van der Waals surface area (Å²) in [5, 5.41) is 0.382. The van der Waals surface area contributed by atoms with Gasteiger partial charge < -0.3 is 15.4 Å². The SMILES string of the molecule is CN(CCN(CC(N)=O)S(=O)(=O)c1cc(F)c(Oc2ccc(Cl)cc2)c(F)c1)C(=O)c1ccc(-c2ccccc2)cc1. The van der Waals surface area contributed by atoms with Crippen molar-refractivity contribution in [1.82, 2.24) is 9.21 Å². The number of rotatable bonds is 11. The van der Waals surface area contributed by atoms with E-state index in [-0.39, 0.29) is 18.8 Å². The van der Waals surface area contributed by atoms with Crippen molar-refractivity contribution in [1.29, 1.82) is 0 Å². The van der Waals surface area contributed by atoms with Gasteiger partial charge in [-0.2, -0.15) is 4.31 Å². The zero-order chi connectivity index (χ0) is 30.4. The van der Waals surface area contributed by atoms with Crippen molar-refractivity contribution in [2.24, 2.45) is 5.73 Å². The largest absolute Gasteiger partial charge is 0.451 e. The molecule has 0 saturated heterocycles. The number of sulfonamides is 1. The topological polar surface area (TPSA) is 110 Å². The van der Waals surface area contributed by atoms with Crippen molar-refractivity contribution >= 4 is 33.4 Å². The Hall–Kier alpha value is -4.32. The molecule has 4 aromatic carbocycles. The Morgan fingerprint density at radius 3 is 2.00 bits per heavy atom. The van der Waals surface area contributed by atoms with Crippen molar-refractivity contribution in [3.05, 3.63) is 113 Å². The maximum absolute atomic E-state index is 14.9. The molecule has 12 heteroatoms. The lowest BCUT2D eigenvalue weighted by atomic mass is 10.0. The van der Waals surface area contributed by atoms with Crippen molar-refractivity contribution in [3.63, 3.8) is 0 Å². The van der Waals surface area contributed by atoms with Crippen LogP contribution in [0.4, 0.5) is 8.78 Å². The summed E-state index contributed by atoms with van der Waals surface area (Å²) in [6, 6.07) is 23.3. The molecule has 0 bridgehead atoms. The Morgan fingerprint density at radius 2 is 1.43 bits per heavy atom. The van der Waals surface area contributed by atoms with Crippen LogP contribution in [-0.2, 0) is 14.8 Å². The number of hydrogen-bond donors (Lipinski definition) is 1. The van der Waals surface area contributed by atoms with Gasteiger partial charge in [-0.05, 0) is 59.7 Å². The minimum absolute atomic E-state index is 0.0746. The Bertz CT molecular complexity index is 1660. The highest BCUT2D eigenvalue weighted by Crippen LogP contribution is 2.31. The molecule has 0 spiro atoms. The van der Waals surface area contributed by atoms with E-state index in [9.17, 15) is 26.8 Å². The lowest BCUT2D eigenvalue weighted by Crippen LogP contribution is -2.43. The monoisotopic (exact) mass is 613 g/mol. The molecule has 0 atom stereocenters. The summed E-state index contributed by atoms with van der Waals surface area (Å²) in [5.74, 6) is -4.70. The second-order valence-electron chi connectivity index (χ2n) is 9.25. The van der Waals surface area contributed by atoms with Gasteiger partial charge in [-0.3, -0.25) is 9.59 Å². The van der Waals surface area contributed by atoms with Crippen LogP contribution in [0.5, 0.6) is 11.5 Å². The van der Waals surface area contributed by atoms with E-state index in [0.717, 1.165) is 11.1 Å². The van der Waals surface area contributed by atoms with Crippen molar-refractivity contribution < 1.29 is 31.5 Å². The van der Waals surface area contributed by atoms with Crippen molar-refractivity contribution in [2.75, 3.05) is 26.7 Å². The van der Waals surface area contributed by atoms with Gasteiger partial charge >= 0.3 is 0 Å². The highest BCUT2D eigenvalue weighted by atomic mass is 35.5. The average Bonchev–Trinajstić information content (AvgIpc) is 2.97. The van der Waals surface area contributed by atoms with Gasteiger partial charge in [-0.1, -0.05) is 54.1 Å². The number of ether oxygens (including phenoxy) is 1. The van der Waals surface area contributed by atoms with Gasteiger partial charge in [0.1, 0.15) is 5.75 Å². The Balaban J connectivity index is 1.49. The first kappa shape index (κ1) is 30.6. The van der Waals surface area contributed by atoms with Gasteiger partial charge in [0, 0.05) is 30.7 Å². The van der Waals surface area contributed by atoms with Crippen LogP contribution in [0.1, 0.15) is 10.4 Å².